The number of rotatable bonds is 3. The molecule has 5 heteroatoms. The molecule has 0 radical (unpaired) electrons. The van der Waals surface area contributed by atoms with Crippen molar-refractivity contribution in [3.05, 3.63) is 62.9 Å². The summed E-state index contributed by atoms with van der Waals surface area (Å²) < 4.78 is 0. The fourth-order valence-corrected chi connectivity index (χ4v) is 3.51. The lowest BCUT2D eigenvalue weighted by atomic mass is 10.0. The zero-order valence-corrected chi connectivity index (χ0v) is 12.5. The summed E-state index contributed by atoms with van der Waals surface area (Å²) >= 11 is 7.80. The van der Waals surface area contributed by atoms with E-state index >= 15 is 0 Å². The number of hydrogen-bond donors (Lipinski definition) is 2. The maximum Gasteiger partial charge on any atom is 0.0817 e. The van der Waals surface area contributed by atoms with Gasteiger partial charge in [0, 0.05) is 16.0 Å². The number of hydrazine groups is 1. The second kappa shape index (κ2) is 5.50. The third kappa shape index (κ3) is 2.43. The Bertz CT molecular complexity index is 754. The second-order valence-electron chi connectivity index (χ2n) is 4.64. The van der Waals surface area contributed by atoms with Gasteiger partial charge in [-0.05, 0) is 42.1 Å². The van der Waals surface area contributed by atoms with E-state index in [1.54, 1.807) is 11.3 Å². The van der Waals surface area contributed by atoms with Crippen molar-refractivity contribution >= 4 is 33.8 Å². The van der Waals surface area contributed by atoms with Gasteiger partial charge in [0.1, 0.15) is 0 Å². The predicted molar refractivity (Wildman–Crippen MR) is 85.0 cm³/mol. The monoisotopic (exact) mass is 303 g/mol. The molecule has 0 aliphatic heterocycles. The van der Waals surface area contributed by atoms with Crippen molar-refractivity contribution in [3.8, 4) is 0 Å². The average molecular weight is 304 g/mol. The van der Waals surface area contributed by atoms with Crippen LogP contribution in [0.1, 0.15) is 22.2 Å². The molecule has 3 nitrogen and oxygen atoms in total. The molecule has 3 N–H and O–H groups in total. The molecular formula is C15H14ClN3S. The fraction of sp³-hybridized carbons (Fsp3) is 0.133. The Labute approximate surface area is 126 Å². The molecule has 20 heavy (non-hydrogen) atoms. The van der Waals surface area contributed by atoms with Gasteiger partial charge in [0.15, 0.2) is 0 Å². The lowest BCUT2D eigenvalue weighted by molar-refractivity contribution is 0.647. The van der Waals surface area contributed by atoms with Gasteiger partial charge in [-0.1, -0.05) is 23.7 Å². The van der Waals surface area contributed by atoms with Crippen molar-refractivity contribution in [3.63, 3.8) is 0 Å². The van der Waals surface area contributed by atoms with Crippen LogP contribution in [0.4, 0.5) is 0 Å². The van der Waals surface area contributed by atoms with Crippen molar-refractivity contribution < 1.29 is 0 Å². The summed E-state index contributed by atoms with van der Waals surface area (Å²) in [6, 6.07) is 12.0. The molecule has 0 aliphatic rings. The van der Waals surface area contributed by atoms with Crippen molar-refractivity contribution in [2.75, 3.05) is 0 Å². The summed E-state index contributed by atoms with van der Waals surface area (Å²) in [6.07, 6.45) is 0. The summed E-state index contributed by atoms with van der Waals surface area (Å²) in [5.74, 6) is 5.72. The molecule has 0 bridgehead atoms. The topological polar surface area (TPSA) is 50.9 Å². The number of nitrogens with two attached hydrogens (primary N) is 1. The largest absolute Gasteiger partial charge is 0.271 e. The molecule has 1 unspecified atom stereocenters. The van der Waals surface area contributed by atoms with E-state index in [2.05, 4.69) is 22.5 Å². The molecule has 1 aromatic carbocycles. The number of nitrogens with zero attached hydrogens (tertiary/aromatic N) is 1. The quantitative estimate of drug-likeness (QED) is 0.571. The Morgan fingerprint density at radius 1 is 1.25 bits per heavy atom. The standard InChI is InChI=1S/C15H14ClN3S/c1-9-2-3-10-8-11(4-5-13(10)18-9)14(19-17)15-12(16)6-7-20-15/h2-8,14,19H,17H2,1H3. The van der Waals surface area contributed by atoms with Crippen molar-refractivity contribution in [2.24, 2.45) is 5.84 Å². The minimum Gasteiger partial charge on any atom is -0.271 e. The van der Waals surface area contributed by atoms with Gasteiger partial charge in [-0.2, -0.15) is 0 Å². The van der Waals surface area contributed by atoms with Crippen LogP contribution >= 0.6 is 22.9 Å². The molecule has 0 aliphatic carbocycles. The molecular weight excluding hydrogens is 290 g/mol. The van der Waals surface area contributed by atoms with Gasteiger partial charge in [-0.15, -0.1) is 11.3 Å². The van der Waals surface area contributed by atoms with Crippen LogP contribution in [-0.2, 0) is 0 Å². The van der Waals surface area contributed by atoms with Gasteiger partial charge in [-0.25, -0.2) is 5.43 Å². The summed E-state index contributed by atoms with van der Waals surface area (Å²) in [5.41, 5.74) is 5.92. The molecule has 0 spiro atoms. The van der Waals surface area contributed by atoms with Gasteiger partial charge < -0.3 is 0 Å². The molecule has 3 aromatic rings. The maximum atomic E-state index is 6.20. The minimum absolute atomic E-state index is 0.104. The van der Waals surface area contributed by atoms with Crippen LogP contribution in [0.5, 0.6) is 0 Å². The summed E-state index contributed by atoms with van der Waals surface area (Å²) in [5, 5.41) is 3.80. The van der Waals surface area contributed by atoms with E-state index in [9.17, 15) is 0 Å². The van der Waals surface area contributed by atoms with Crippen molar-refractivity contribution in [2.45, 2.75) is 13.0 Å². The first kappa shape index (κ1) is 13.5. The highest BCUT2D eigenvalue weighted by molar-refractivity contribution is 7.10. The van der Waals surface area contributed by atoms with Crippen molar-refractivity contribution in [1.29, 1.82) is 0 Å². The average Bonchev–Trinajstić information content (AvgIpc) is 2.86. The Hall–Kier alpha value is -1.46. The van der Waals surface area contributed by atoms with E-state index < -0.39 is 0 Å². The second-order valence-corrected chi connectivity index (χ2v) is 5.99. The first-order valence-electron chi connectivity index (χ1n) is 6.25. The number of halogens is 1. The van der Waals surface area contributed by atoms with Crippen molar-refractivity contribution in [1.82, 2.24) is 10.4 Å². The molecule has 0 saturated carbocycles. The van der Waals surface area contributed by atoms with Crippen LogP contribution in [0.2, 0.25) is 5.02 Å². The lowest BCUT2D eigenvalue weighted by Gasteiger charge is -2.16. The van der Waals surface area contributed by atoms with Crippen LogP contribution in [0.25, 0.3) is 10.9 Å². The normalized spacial score (nSPS) is 12.8. The van der Waals surface area contributed by atoms with E-state index in [0.29, 0.717) is 0 Å². The number of aryl methyl sites for hydroxylation is 1. The van der Waals surface area contributed by atoms with Crippen LogP contribution in [0, 0.1) is 6.92 Å². The van der Waals surface area contributed by atoms with Crippen LogP contribution in [0.15, 0.2) is 41.8 Å². The molecule has 3 rings (SSSR count). The van der Waals surface area contributed by atoms with Gasteiger partial charge in [0.2, 0.25) is 0 Å². The number of thiophene rings is 1. The third-order valence-electron chi connectivity index (χ3n) is 3.26. The first-order chi connectivity index (χ1) is 9.69. The number of pyridine rings is 1. The van der Waals surface area contributed by atoms with Crippen LogP contribution in [0.3, 0.4) is 0 Å². The zero-order chi connectivity index (χ0) is 14.1. The number of aromatic nitrogens is 1. The first-order valence-corrected chi connectivity index (χ1v) is 7.51. The van der Waals surface area contributed by atoms with Crippen LogP contribution in [-0.4, -0.2) is 4.98 Å². The zero-order valence-electron chi connectivity index (χ0n) is 10.9. The smallest absolute Gasteiger partial charge is 0.0817 e. The van der Waals surface area contributed by atoms with Gasteiger partial charge in [0.25, 0.3) is 0 Å². The Balaban J connectivity index is 2.08. The Morgan fingerprint density at radius 2 is 2.10 bits per heavy atom. The van der Waals surface area contributed by atoms with Gasteiger partial charge in [0.05, 0.1) is 16.6 Å². The number of hydrogen-bond acceptors (Lipinski definition) is 4. The summed E-state index contributed by atoms with van der Waals surface area (Å²) in [4.78, 5) is 5.53. The predicted octanol–water partition coefficient (Wildman–Crippen LogP) is 3.81. The molecule has 1 atom stereocenters. The van der Waals surface area contributed by atoms with E-state index in [1.807, 2.05) is 36.6 Å². The highest BCUT2D eigenvalue weighted by atomic mass is 35.5. The Kier molecular flexibility index (Phi) is 3.72. The molecule has 0 fully saturated rings. The molecule has 0 saturated heterocycles. The SMILES string of the molecule is Cc1ccc2cc(C(NN)c3sccc3Cl)ccc2n1. The minimum atomic E-state index is -0.104. The molecule has 2 aromatic heterocycles. The summed E-state index contributed by atoms with van der Waals surface area (Å²) in [6.45, 7) is 1.99. The highest BCUT2D eigenvalue weighted by Crippen LogP contribution is 2.33. The Morgan fingerprint density at radius 3 is 2.80 bits per heavy atom. The summed E-state index contributed by atoms with van der Waals surface area (Å²) in [7, 11) is 0. The van der Waals surface area contributed by atoms with Gasteiger partial charge >= 0.3 is 0 Å². The maximum absolute atomic E-state index is 6.20. The number of nitrogens with one attached hydrogen (secondary N) is 1. The van der Waals surface area contributed by atoms with Crippen LogP contribution < -0.4 is 11.3 Å². The molecule has 102 valence electrons. The number of benzene rings is 1. The van der Waals surface area contributed by atoms with E-state index in [0.717, 1.165) is 32.1 Å². The van der Waals surface area contributed by atoms with E-state index in [4.69, 9.17) is 17.4 Å². The highest BCUT2D eigenvalue weighted by Gasteiger charge is 2.17. The molecule has 0 amide bonds. The fourth-order valence-electron chi connectivity index (χ4n) is 2.26. The lowest BCUT2D eigenvalue weighted by Crippen LogP contribution is -2.28. The van der Waals surface area contributed by atoms with E-state index in [-0.39, 0.29) is 6.04 Å². The number of fused-ring (bicyclic) bond motifs is 1. The van der Waals surface area contributed by atoms with Gasteiger partial charge in [-0.3, -0.25) is 10.8 Å². The molecule has 2 heterocycles. The van der Waals surface area contributed by atoms with E-state index in [1.165, 1.54) is 0 Å². The third-order valence-corrected chi connectivity index (χ3v) is 4.68.